The molecule has 2 aliphatic heterocycles. The predicted molar refractivity (Wildman–Crippen MR) is 87.7 cm³/mol. The molecular formula is C17H29N3O3. The van der Waals surface area contributed by atoms with Crippen LogP contribution >= 0.6 is 0 Å². The van der Waals surface area contributed by atoms with Gasteiger partial charge in [-0.05, 0) is 39.0 Å². The van der Waals surface area contributed by atoms with Crippen LogP contribution in [0.5, 0.6) is 0 Å². The highest BCUT2D eigenvalue weighted by Gasteiger charge is 2.41. The Hall–Kier alpha value is -1.43. The Morgan fingerprint density at radius 2 is 1.70 bits per heavy atom. The van der Waals surface area contributed by atoms with Gasteiger partial charge in [0.1, 0.15) is 6.04 Å². The molecule has 2 saturated heterocycles. The minimum absolute atomic E-state index is 0.0337. The molecule has 2 fully saturated rings. The molecule has 0 aliphatic carbocycles. The third-order valence-electron chi connectivity index (χ3n) is 5.01. The van der Waals surface area contributed by atoms with Gasteiger partial charge in [-0.15, -0.1) is 0 Å². The average molecular weight is 323 g/mol. The summed E-state index contributed by atoms with van der Waals surface area (Å²) in [5, 5.41) is 0. The lowest BCUT2D eigenvalue weighted by Gasteiger charge is -2.31. The highest BCUT2D eigenvalue weighted by atomic mass is 16.2. The Labute approximate surface area is 138 Å². The van der Waals surface area contributed by atoms with Gasteiger partial charge in [0.2, 0.25) is 11.8 Å². The maximum atomic E-state index is 12.9. The molecule has 0 aromatic rings. The minimum Gasteiger partial charge on any atom is -0.331 e. The molecule has 2 heterocycles. The van der Waals surface area contributed by atoms with E-state index < -0.39 is 12.1 Å². The molecule has 2 rings (SSSR count). The van der Waals surface area contributed by atoms with Gasteiger partial charge in [-0.1, -0.05) is 19.8 Å². The lowest BCUT2D eigenvalue weighted by atomic mass is 10.1. The molecule has 23 heavy (non-hydrogen) atoms. The summed E-state index contributed by atoms with van der Waals surface area (Å²) in [6, 6.07) is -1.27. The number of hydrogen-bond acceptors (Lipinski definition) is 4. The van der Waals surface area contributed by atoms with Gasteiger partial charge in [0, 0.05) is 13.1 Å². The van der Waals surface area contributed by atoms with Crippen LogP contribution in [0.2, 0.25) is 0 Å². The second-order valence-electron chi connectivity index (χ2n) is 6.74. The molecule has 130 valence electrons. The van der Waals surface area contributed by atoms with Crippen molar-refractivity contribution in [3.63, 3.8) is 0 Å². The molecule has 0 aromatic heterocycles. The number of carbonyl (C=O) groups is 3. The van der Waals surface area contributed by atoms with E-state index in [1.54, 1.807) is 9.80 Å². The fraction of sp³-hybridized carbons (Fsp3) is 0.824. The summed E-state index contributed by atoms with van der Waals surface area (Å²) in [4.78, 5) is 40.5. The van der Waals surface area contributed by atoms with Crippen molar-refractivity contribution in [2.45, 2.75) is 76.9 Å². The minimum atomic E-state index is -0.523. The Morgan fingerprint density at radius 1 is 1.09 bits per heavy atom. The van der Waals surface area contributed by atoms with Gasteiger partial charge in [0.05, 0.1) is 12.1 Å². The van der Waals surface area contributed by atoms with Gasteiger partial charge in [-0.25, -0.2) is 0 Å². The van der Waals surface area contributed by atoms with Crippen molar-refractivity contribution in [1.82, 2.24) is 9.80 Å². The zero-order chi connectivity index (χ0) is 17.0. The van der Waals surface area contributed by atoms with Crippen LogP contribution in [-0.2, 0) is 14.4 Å². The standard InChI is InChI=1S/C17H29N3O3/c1-3-4-7-13(18)16(22)20-11-6-9-15(20)17(23)19-10-5-8-14(19)12(2)21/h13-15H,3-11,18H2,1-2H3/t13-,14-,15?/m0/s1. The first-order valence-electron chi connectivity index (χ1n) is 8.84. The van der Waals surface area contributed by atoms with Crippen LogP contribution in [-0.4, -0.2) is 58.6 Å². The number of nitrogens with zero attached hydrogens (tertiary/aromatic N) is 2. The summed E-state index contributed by atoms with van der Waals surface area (Å²) in [5.41, 5.74) is 6.00. The second-order valence-corrected chi connectivity index (χ2v) is 6.74. The Kier molecular flexibility index (Phi) is 6.16. The van der Waals surface area contributed by atoms with E-state index in [1.807, 2.05) is 0 Å². The Bertz CT molecular complexity index is 466. The van der Waals surface area contributed by atoms with Crippen molar-refractivity contribution in [3.05, 3.63) is 0 Å². The fourth-order valence-corrected chi connectivity index (χ4v) is 3.69. The smallest absolute Gasteiger partial charge is 0.245 e. The quantitative estimate of drug-likeness (QED) is 0.792. The molecule has 0 saturated carbocycles. The van der Waals surface area contributed by atoms with E-state index in [-0.39, 0.29) is 23.6 Å². The van der Waals surface area contributed by atoms with E-state index in [4.69, 9.17) is 5.73 Å². The van der Waals surface area contributed by atoms with Gasteiger partial charge in [0.15, 0.2) is 5.78 Å². The van der Waals surface area contributed by atoms with Crippen molar-refractivity contribution in [2.75, 3.05) is 13.1 Å². The number of Topliss-reactive ketones (excluding diaryl/α,β-unsaturated/α-hetero) is 1. The lowest BCUT2D eigenvalue weighted by Crippen LogP contribution is -2.53. The van der Waals surface area contributed by atoms with Gasteiger partial charge in [-0.2, -0.15) is 0 Å². The third kappa shape index (κ3) is 3.91. The summed E-state index contributed by atoms with van der Waals surface area (Å²) in [6.45, 7) is 4.81. The second kappa shape index (κ2) is 7.90. The monoisotopic (exact) mass is 323 g/mol. The number of hydrogen-bond donors (Lipinski definition) is 1. The first-order valence-corrected chi connectivity index (χ1v) is 8.84. The van der Waals surface area contributed by atoms with Crippen LogP contribution in [0.1, 0.15) is 58.8 Å². The molecule has 0 aromatic carbocycles. The van der Waals surface area contributed by atoms with Crippen molar-refractivity contribution < 1.29 is 14.4 Å². The van der Waals surface area contributed by atoms with Crippen molar-refractivity contribution in [1.29, 1.82) is 0 Å². The average Bonchev–Trinajstić information content (AvgIpc) is 3.19. The Balaban J connectivity index is 2.04. The van der Waals surface area contributed by atoms with Crippen molar-refractivity contribution in [2.24, 2.45) is 5.73 Å². The highest BCUT2D eigenvalue weighted by Crippen LogP contribution is 2.25. The van der Waals surface area contributed by atoms with E-state index in [0.29, 0.717) is 25.9 Å². The van der Waals surface area contributed by atoms with Gasteiger partial charge >= 0.3 is 0 Å². The van der Waals surface area contributed by atoms with Crippen LogP contribution in [0.25, 0.3) is 0 Å². The predicted octanol–water partition coefficient (Wildman–Crippen LogP) is 1.07. The maximum absolute atomic E-state index is 12.9. The molecule has 2 amide bonds. The number of amides is 2. The van der Waals surface area contributed by atoms with Crippen LogP contribution < -0.4 is 5.73 Å². The SMILES string of the molecule is CCCC[C@H](N)C(=O)N1CCCC1C(=O)N1CCC[C@H]1C(C)=O. The molecule has 0 radical (unpaired) electrons. The molecule has 2 aliphatic rings. The molecule has 0 spiro atoms. The van der Waals surface area contributed by atoms with Crippen LogP contribution in [0.4, 0.5) is 0 Å². The number of nitrogens with two attached hydrogens (primary N) is 1. The van der Waals surface area contributed by atoms with Crippen LogP contribution in [0.15, 0.2) is 0 Å². The summed E-state index contributed by atoms with van der Waals surface area (Å²) < 4.78 is 0. The number of unbranched alkanes of at least 4 members (excludes halogenated alkanes) is 1. The largest absolute Gasteiger partial charge is 0.331 e. The number of likely N-dealkylation sites (tertiary alicyclic amines) is 2. The molecule has 2 N–H and O–H groups in total. The van der Waals surface area contributed by atoms with Crippen LogP contribution in [0.3, 0.4) is 0 Å². The first kappa shape index (κ1) is 17.9. The topological polar surface area (TPSA) is 83.7 Å². The number of ketones is 1. The maximum Gasteiger partial charge on any atom is 0.245 e. The third-order valence-corrected chi connectivity index (χ3v) is 5.01. The molecule has 3 atom stereocenters. The Morgan fingerprint density at radius 3 is 2.30 bits per heavy atom. The molecule has 6 nitrogen and oxygen atoms in total. The van der Waals surface area contributed by atoms with E-state index in [9.17, 15) is 14.4 Å². The van der Waals surface area contributed by atoms with E-state index in [1.165, 1.54) is 6.92 Å². The zero-order valence-corrected chi connectivity index (χ0v) is 14.3. The summed E-state index contributed by atoms with van der Waals surface area (Å²) in [7, 11) is 0. The number of carbonyl (C=O) groups excluding carboxylic acids is 3. The zero-order valence-electron chi connectivity index (χ0n) is 14.3. The molecule has 0 bridgehead atoms. The summed E-state index contributed by atoms with van der Waals surface area (Å²) >= 11 is 0. The van der Waals surface area contributed by atoms with E-state index in [0.717, 1.165) is 32.1 Å². The highest BCUT2D eigenvalue weighted by molar-refractivity contribution is 5.93. The van der Waals surface area contributed by atoms with Crippen molar-refractivity contribution >= 4 is 17.6 Å². The number of rotatable bonds is 6. The summed E-state index contributed by atoms with van der Waals surface area (Å²) in [5.74, 6) is -0.157. The van der Waals surface area contributed by atoms with Gasteiger partial charge < -0.3 is 15.5 Å². The molecule has 6 heteroatoms. The molecule has 1 unspecified atom stereocenters. The van der Waals surface area contributed by atoms with E-state index >= 15 is 0 Å². The van der Waals surface area contributed by atoms with E-state index in [2.05, 4.69) is 6.92 Å². The van der Waals surface area contributed by atoms with Crippen molar-refractivity contribution in [3.8, 4) is 0 Å². The lowest BCUT2D eigenvalue weighted by molar-refractivity contribution is -0.146. The van der Waals surface area contributed by atoms with Gasteiger partial charge in [0.25, 0.3) is 0 Å². The first-order chi connectivity index (χ1) is 11.0. The molecular weight excluding hydrogens is 294 g/mol. The van der Waals surface area contributed by atoms with Crippen LogP contribution in [0, 0.1) is 0 Å². The normalized spacial score (nSPS) is 25.7. The fourth-order valence-electron chi connectivity index (χ4n) is 3.69. The van der Waals surface area contributed by atoms with Gasteiger partial charge in [-0.3, -0.25) is 14.4 Å². The summed E-state index contributed by atoms with van der Waals surface area (Å²) in [6.07, 6.45) is 5.65.